The van der Waals surface area contributed by atoms with E-state index in [1.54, 1.807) is 25.2 Å². The van der Waals surface area contributed by atoms with E-state index in [-0.39, 0.29) is 18.4 Å². The average Bonchev–Trinajstić information content (AvgIpc) is 2.75. The van der Waals surface area contributed by atoms with Gasteiger partial charge in [-0.2, -0.15) is 0 Å². The SMILES string of the molecule is Cc1cc(C)c(NC(=O)CN(C)C(=O)c2cccc(OCc3ccccc3)c2)c(C)c1. The van der Waals surface area contributed by atoms with E-state index in [4.69, 9.17) is 4.74 Å². The maximum Gasteiger partial charge on any atom is 0.254 e. The highest BCUT2D eigenvalue weighted by Gasteiger charge is 2.17. The smallest absolute Gasteiger partial charge is 0.254 e. The van der Waals surface area contributed by atoms with E-state index in [1.165, 1.54) is 4.90 Å². The lowest BCUT2D eigenvalue weighted by Gasteiger charge is -2.19. The Labute approximate surface area is 183 Å². The van der Waals surface area contributed by atoms with Gasteiger partial charge in [0.2, 0.25) is 5.91 Å². The number of benzene rings is 3. The molecule has 5 nitrogen and oxygen atoms in total. The maximum atomic E-state index is 12.8. The van der Waals surface area contributed by atoms with Gasteiger partial charge in [0, 0.05) is 18.3 Å². The summed E-state index contributed by atoms with van der Waals surface area (Å²) in [6.45, 7) is 6.33. The molecular weight excluding hydrogens is 388 g/mol. The zero-order valence-corrected chi connectivity index (χ0v) is 18.4. The number of ether oxygens (including phenoxy) is 1. The highest BCUT2D eigenvalue weighted by molar-refractivity contribution is 6.00. The van der Waals surface area contributed by atoms with E-state index < -0.39 is 0 Å². The van der Waals surface area contributed by atoms with Gasteiger partial charge < -0.3 is 15.0 Å². The Morgan fingerprint density at radius 1 is 0.903 bits per heavy atom. The fraction of sp³-hybridized carbons (Fsp3) is 0.231. The molecule has 0 saturated heterocycles. The molecule has 160 valence electrons. The Kier molecular flexibility index (Phi) is 7.08. The van der Waals surface area contributed by atoms with Gasteiger partial charge in [-0.3, -0.25) is 9.59 Å². The quantitative estimate of drug-likeness (QED) is 0.596. The number of nitrogens with zero attached hydrogens (tertiary/aromatic N) is 1. The molecule has 0 fully saturated rings. The van der Waals surface area contributed by atoms with Gasteiger partial charge in [-0.25, -0.2) is 0 Å². The highest BCUT2D eigenvalue weighted by Crippen LogP contribution is 2.22. The first kappa shape index (κ1) is 22.1. The van der Waals surface area contributed by atoms with Gasteiger partial charge in [0.05, 0.1) is 6.54 Å². The molecule has 3 aromatic carbocycles. The molecule has 2 amide bonds. The summed E-state index contributed by atoms with van der Waals surface area (Å²) in [6.07, 6.45) is 0. The molecule has 31 heavy (non-hydrogen) atoms. The van der Waals surface area contributed by atoms with E-state index in [9.17, 15) is 9.59 Å². The van der Waals surface area contributed by atoms with E-state index >= 15 is 0 Å². The van der Waals surface area contributed by atoms with Crippen LogP contribution in [0.5, 0.6) is 5.75 Å². The predicted molar refractivity (Wildman–Crippen MR) is 123 cm³/mol. The summed E-state index contributed by atoms with van der Waals surface area (Å²) in [7, 11) is 1.62. The summed E-state index contributed by atoms with van der Waals surface area (Å²) in [5.41, 5.74) is 5.48. The minimum absolute atomic E-state index is 0.0410. The monoisotopic (exact) mass is 416 g/mol. The lowest BCUT2D eigenvalue weighted by Crippen LogP contribution is -2.35. The molecular formula is C26H28N2O3. The number of anilines is 1. The van der Waals surface area contributed by atoms with Crippen molar-refractivity contribution < 1.29 is 14.3 Å². The Balaban J connectivity index is 1.61. The molecule has 0 aliphatic carbocycles. The van der Waals surface area contributed by atoms with Crippen molar-refractivity contribution in [1.82, 2.24) is 4.90 Å². The number of likely N-dealkylation sites (N-methyl/N-ethyl adjacent to an activating group) is 1. The summed E-state index contributed by atoms with van der Waals surface area (Å²) in [6, 6.07) is 20.9. The first-order valence-corrected chi connectivity index (χ1v) is 10.2. The Morgan fingerprint density at radius 2 is 1.58 bits per heavy atom. The normalized spacial score (nSPS) is 10.5. The second-order valence-electron chi connectivity index (χ2n) is 7.79. The summed E-state index contributed by atoms with van der Waals surface area (Å²) in [5, 5.41) is 2.94. The van der Waals surface area contributed by atoms with Crippen molar-refractivity contribution in [3.63, 3.8) is 0 Å². The standard InChI is InChI=1S/C26H28N2O3/c1-18-13-19(2)25(20(3)14-18)27-24(29)16-28(4)26(30)22-11-8-12-23(15-22)31-17-21-9-6-5-7-10-21/h5-15H,16-17H2,1-4H3,(H,27,29). The molecule has 1 N–H and O–H groups in total. The Hall–Kier alpha value is -3.60. The van der Waals surface area contributed by atoms with E-state index in [0.29, 0.717) is 17.9 Å². The molecule has 5 heteroatoms. The van der Waals surface area contributed by atoms with E-state index in [0.717, 1.165) is 27.9 Å². The number of aryl methyl sites for hydroxylation is 3. The lowest BCUT2D eigenvalue weighted by molar-refractivity contribution is -0.116. The minimum Gasteiger partial charge on any atom is -0.489 e. The zero-order chi connectivity index (χ0) is 22.4. The molecule has 3 rings (SSSR count). The van der Waals surface area contributed by atoms with Crippen molar-refractivity contribution in [2.45, 2.75) is 27.4 Å². The number of hydrogen-bond donors (Lipinski definition) is 1. The van der Waals surface area contributed by atoms with Crippen molar-refractivity contribution in [3.05, 3.63) is 94.5 Å². The van der Waals surface area contributed by atoms with Gasteiger partial charge in [-0.15, -0.1) is 0 Å². The molecule has 0 saturated carbocycles. The summed E-state index contributed by atoms with van der Waals surface area (Å²) >= 11 is 0. The molecule has 0 unspecified atom stereocenters. The third-order valence-electron chi connectivity index (χ3n) is 5.00. The van der Waals surface area contributed by atoms with Crippen molar-refractivity contribution in [2.75, 3.05) is 18.9 Å². The van der Waals surface area contributed by atoms with Crippen LogP contribution in [0.25, 0.3) is 0 Å². The van der Waals surface area contributed by atoms with E-state index in [2.05, 4.69) is 5.32 Å². The second-order valence-corrected chi connectivity index (χ2v) is 7.79. The maximum absolute atomic E-state index is 12.8. The van der Waals surface area contributed by atoms with Crippen molar-refractivity contribution in [2.24, 2.45) is 0 Å². The fourth-order valence-electron chi connectivity index (χ4n) is 3.52. The van der Waals surface area contributed by atoms with Crippen molar-refractivity contribution >= 4 is 17.5 Å². The zero-order valence-electron chi connectivity index (χ0n) is 18.4. The van der Waals surface area contributed by atoms with Gasteiger partial charge >= 0.3 is 0 Å². The van der Waals surface area contributed by atoms with Crippen LogP contribution in [0.15, 0.2) is 66.7 Å². The Bertz CT molecular complexity index is 1050. The summed E-state index contributed by atoms with van der Waals surface area (Å²) in [5.74, 6) is 0.138. The largest absolute Gasteiger partial charge is 0.489 e. The number of rotatable bonds is 7. The van der Waals surface area contributed by atoms with E-state index in [1.807, 2.05) is 69.3 Å². The van der Waals surface area contributed by atoms with Crippen molar-refractivity contribution in [1.29, 1.82) is 0 Å². The predicted octanol–water partition coefficient (Wildman–Crippen LogP) is 4.90. The van der Waals surface area contributed by atoms with Crippen LogP contribution in [0.1, 0.15) is 32.6 Å². The van der Waals surface area contributed by atoms with Crippen LogP contribution in [0, 0.1) is 20.8 Å². The first-order chi connectivity index (χ1) is 14.8. The average molecular weight is 417 g/mol. The van der Waals surface area contributed by atoms with Gasteiger partial charge in [0.15, 0.2) is 0 Å². The Morgan fingerprint density at radius 3 is 2.26 bits per heavy atom. The highest BCUT2D eigenvalue weighted by atomic mass is 16.5. The third kappa shape index (κ3) is 5.95. The number of hydrogen-bond acceptors (Lipinski definition) is 3. The number of carbonyl (C=O) groups is 2. The minimum atomic E-state index is -0.238. The van der Waals surface area contributed by atoms with Gasteiger partial charge in [0.1, 0.15) is 12.4 Å². The topological polar surface area (TPSA) is 58.6 Å². The van der Waals surface area contributed by atoms with Crippen LogP contribution in [0.4, 0.5) is 5.69 Å². The van der Waals surface area contributed by atoms with Gasteiger partial charge in [-0.1, -0.05) is 54.1 Å². The molecule has 0 heterocycles. The van der Waals surface area contributed by atoms with Crippen LogP contribution in [-0.2, 0) is 11.4 Å². The fourth-order valence-corrected chi connectivity index (χ4v) is 3.52. The number of carbonyl (C=O) groups excluding carboxylic acids is 2. The third-order valence-corrected chi connectivity index (χ3v) is 5.00. The van der Waals surface area contributed by atoms with Crippen LogP contribution in [0.2, 0.25) is 0 Å². The first-order valence-electron chi connectivity index (χ1n) is 10.2. The summed E-state index contributed by atoms with van der Waals surface area (Å²) in [4.78, 5) is 26.8. The van der Waals surface area contributed by atoms with Crippen LogP contribution >= 0.6 is 0 Å². The molecule has 0 atom stereocenters. The summed E-state index contributed by atoms with van der Waals surface area (Å²) < 4.78 is 5.81. The van der Waals surface area contributed by atoms with Crippen molar-refractivity contribution in [3.8, 4) is 5.75 Å². The van der Waals surface area contributed by atoms with Gasteiger partial charge in [-0.05, 0) is 55.7 Å². The molecule has 0 radical (unpaired) electrons. The number of nitrogens with one attached hydrogen (secondary N) is 1. The molecule has 0 aromatic heterocycles. The van der Waals surface area contributed by atoms with Crippen LogP contribution < -0.4 is 10.1 Å². The molecule has 0 bridgehead atoms. The molecule has 0 aliphatic rings. The molecule has 3 aromatic rings. The molecule has 0 spiro atoms. The van der Waals surface area contributed by atoms with Gasteiger partial charge in [0.25, 0.3) is 5.91 Å². The molecule has 0 aliphatic heterocycles. The van der Waals surface area contributed by atoms with Crippen LogP contribution in [-0.4, -0.2) is 30.3 Å². The number of amides is 2. The second kappa shape index (κ2) is 9.94. The van der Waals surface area contributed by atoms with Crippen LogP contribution in [0.3, 0.4) is 0 Å². The lowest BCUT2D eigenvalue weighted by atomic mass is 10.1.